The number of nitrogens with zero attached hydrogens (tertiary/aromatic N) is 2. The molecular formula is C86H60N2O2. The smallest absolute Gasteiger partial charge is 0.135 e. The predicted molar refractivity (Wildman–Crippen MR) is 378 cm³/mol. The summed E-state index contributed by atoms with van der Waals surface area (Å²) in [4.78, 5) is 4.95. The van der Waals surface area contributed by atoms with Crippen LogP contribution in [0.5, 0.6) is 0 Å². The Hall–Kier alpha value is -11.7. The number of hydrogen-bond donors (Lipinski definition) is 0. The van der Waals surface area contributed by atoms with Crippen molar-refractivity contribution in [2.24, 2.45) is 0 Å². The highest BCUT2D eigenvalue weighted by Gasteiger charge is 2.26. The van der Waals surface area contributed by atoms with Crippen molar-refractivity contribution in [1.82, 2.24) is 0 Å². The number of fused-ring (bicyclic) bond motifs is 6. The van der Waals surface area contributed by atoms with Crippen LogP contribution >= 0.6 is 0 Å². The van der Waals surface area contributed by atoms with E-state index in [-0.39, 0.29) is 0 Å². The molecule has 0 aliphatic rings. The number of furan rings is 2. The molecule has 0 aliphatic heterocycles. The van der Waals surface area contributed by atoms with Gasteiger partial charge in [-0.2, -0.15) is 0 Å². The van der Waals surface area contributed by atoms with Crippen molar-refractivity contribution in [3.05, 3.63) is 339 Å². The summed E-state index contributed by atoms with van der Waals surface area (Å²) in [6.45, 7) is 4.51. The van der Waals surface area contributed by atoms with Gasteiger partial charge in [0.15, 0.2) is 0 Å². The summed E-state index contributed by atoms with van der Waals surface area (Å²) in [5.41, 5.74) is 28.3. The lowest BCUT2D eigenvalue weighted by Gasteiger charge is -2.32. The van der Waals surface area contributed by atoms with Crippen LogP contribution in [-0.2, 0) is 0 Å². The lowest BCUT2D eigenvalue weighted by molar-refractivity contribution is 0.668. The Kier molecular flexibility index (Phi) is 13.6. The van der Waals surface area contributed by atoms with Crippen LogP contribution in [0.1, 0.15) is 11.1 Å². The molecule has 4 heteroatoms. The molecule has 0 N–H and O–H groups in total. The number of aryl methyl sites for hydroxylation is 2. The van der Waals surface area contributed by atoms with Crippen LogP contribution in [-0.4, -0.2) is 0 Å². The molecular weight excluding hydrogens is 1090 g/mol. The van der Waals surface area contributed by atoms with Crippen molar-refractivity contribution in [3.63, 3.8) is 0 Å². The highest BCUT2D eigenvalue weighted by atomic mass is 16.3. The van der Waals surface area contributed by atoms with Crippen molar-refractivity contribution in [1.29, 1.82) is 0 Å². The molecule has 0 amide bonds. The molecule has 0 unspecified atom stereocenters. The molecule has 14 aromatic carbocycles. The second-order valence-electron chi connectivity index (χ2n) is 23.3. The second kappa shape index (κ2) is 22.9. The van der Waals surface area contributed by atoms with Gasteiger partial charge in [-0.25, -0.2) is 0 Å². The first-order valence-electron chi connectivity index (χ1n) is 30.8. The van der Waals surface area contributed by atoms with E-state index in [0.29, 0.717) is 0 Å². The lowest BCUT2D eigenvalue weighted by atomic mass is 9.92. The van der Waals surface area contributed by atoms with Gasteiger partial charge in [0.2, 0.25) is 0 Å². The van der Waals surface area contributed by atoms with Crippen LogP contribution in [0, 0.1) is 13.8 Å². The topological polar surface area (TPSA) is 32.8 Å². The van der Waals surface area contributed by atoms with Crippen molar-refractivity contribution >= 4 is 78.0 Å². The molecule has 16 rings (SSSR count). The zero-order valence-corrected chi connectivity index (χ0v) is 49.9. The number of hydrogen-bond acceptors (Lipinski definition) is 4. The first-order valence-corrected chi connectivity index (χ1v) is 30.8. The van der Waals surface area contributed by atoms with Crippen molar-refractivity contribution < 1.29 is 8.83 Å². The van der Waals surface area contributed by atoms with E-state index in [2.05, 4.69) is 327 Å². The molecule has 2 heterocycles. The first kappa shape index (κ1) is 53.7. The maximum Gasteiger partial charge on any atom is 0.135 e. The zero-order chi connectivity index (χ0) is 60.1. The Morgan fingerprint density at radius 2 is 0.500 bits per heavy atom. The Bertz CT molecular complexity index is 4850. The van der Waals surface area contributed by atoms with E-state index >= 15 is 0 Å². The Labute approximate surface area is 524 Å². The summed E-state index contributed by atoms with van der Waals surface area (Å²) in [6, 6.07) is 118. The molecule has 90 heavy (non-hydrogen) atoms. The maximum atomic E-state index is 6.24. The molecule has 0 atom stereocenters. The standard InChI is InChI=1S/C86H60N2O2/c1-57-53-65(41-49-79(57)87(85-71(61-21-7-3-8-22-61)31-19-32-72(85)62-23-9-4-10-24-62)69-45-37-59(38-46-69)67-43-51-83-77(55-67)75-29-15-17-35-81(75)89-83)66-42-50-80(58(2)54-66)88(86-73(63-25-11-5-12-26-63)33-20-34-74(86)64-27-13-6-14-28-64)70-47-39-60(40-48-70)68-44-52-84-78(56-68)76-30-16-18-36-82(76)90-84/h3-56H,1-2H3. The minimum atomic E-state index is 0.888. The first-order chi connectivity index (χ1) is 44.5. The van der Waals surface area contributed by atoms with Crippen LogP contribution in [0.25, 0.3) is 122 Å². The van der Waals surface area contributed by atoms with E-state index in [0.717, 1.165) is 167 Å². The van der Waals surface area contributed by atoms with Gasteiger partial charge < -0.3 is 18.6 Å². The van der Waals surface area contributed by atoms with Gasteiger partial charge in [0.1, 0.15) is 22.3 Å². The van der Waals surface area contributed by atoms with E-state index in [1.54, 1.807) is 0 Å². The Morgan fingerprint density at radius 1 is 0.211 bits per heavy atom. The molecule has 2 aromatic heterocycles. The number of benzene rings is 14. The summed E-state index contributed by atoms with van der Waals surface area (Å²) >= 11 is 0. The largest absolute Gasteiger partial charge is 0.456 e. The molecule has 4 nitrogen and oxygen atoms in total. The summed E-state index contributed by atoms with van der Waals surface area (Å²) < 4.78 is 12.5. The SMILES string of the molecule is Cc1cc(-c2ccc(N(c3ccc(-c4ccc5oc6ccccc6c5c4)cc3)c3c(-c4ccccc4)cccc3-c3ccccc3)c(C)c2)ccc1N(c1ccc(-c2ccc3oc4ccccc4c3c2)cc1)c1c(-c2ccccc2)cccc1-c1ccccc1. The molecule has 0 fully saturated rings. The molecule has 0 saturated carbocycles. The minimum Gasteiger partial charge on any atom is -0.456 e. The summed E-state index contributed by atoms with van der Waals surface area (Å²) in [5, 5.41) is 4.46. The Morgan fingerprint density at radius 3 is 0.844 bits per heavy atom. The lowest BCUT2D eigenvalue weighted by Crippen LogP contribution is -2.14. The van der Waals surface area contributed by atoms with Gasteiger partial charge in [-0.1, -0.05) is 243 Å². The zero-order valence-electron chi connectivity index (χ0n) is 49.9. The van der Waals surface area contributed by atoms with Crippen LogP contribution in [0.4, 0.5) is 34.1 Å². The third-order valence-corrected chi connectivity index (χ3v) is 17.7. The van der Waals surface area contributed by atoms with Gasteiger partial charge in [-0.15, -0.1) is 0 Å². The van der Waals surface area contributed by atoms with E-state index in [1.165, 1.54) is 0 Å². The normalized spacial score (nSPS) is 11.4. The van der Waals surface area contributed by atoms with Crippen molar-refractivity contribution in [2.75, 3.05) is 9.80 Å². The third kappa shape index (κ3) is 9.78. The molecule has 0 spiro atoms. The molecule has 426 valence electrons. The highest BCUT2D eigenvalue weighted by molar-refractivity contribution is 6.08. The average Bonchev–Trinajstić information content (AvgIpc) is 0.993. The van der Waals surface area contributed by atoms with Gasteiger partial charge in [0.05, 0.1) is 11.4 Å². The monoisotopic (exact) mass is 1150 g/mol. The van der Waals surface area contributed by atoms with Gasteiger partial charge in [0.25, 0.3) is 0 Å². The average molecular weight is 1150 g/mol. The fourth-order valence-corrected chi connectivity index (χ4v) is 13.3. The number of anilines is 6. The number of para-hydroxylation sites is 4. The van der Waals surface area contributed by atoms with Crippen molar-refractivity contribution in [2.45, 2.75) is 13.8 Å². The molecule has 0 aliphatic carbocycles. The third-order valence-electron chi connectivity index (χ3n) is 17.7. The molecule has 16 aromatic rings. The quantitative estimate of drug-likeness (QED) is 0.115. The van der Waals surface area contributed by atoms with Crippen LogP contribution in [0.15, 0.2) is 336 Å². The van der Waals surface area contributed by atoms with E-state index in [1.807, 2.05) is 24.3 Å². The fraction of sp³-hybridized carbons (Fsp3) is 0.0233. The van der Waals surface area contributed by atoms with Crippen LogP contribution in [0.3, 0.4) is 0 Å². The van der Waals surface area contributed by atoms with Crippen molar-refractivity contribution in [3.8, 4) is 77.9 Å². The highest BCUT2D eigenvalue weighted by Crippen LogP contribution is 2.51. The second-order valence-corrected chi connectivity index (χ2v) is 23.3. The predicted octanol–water partition coefficient (Wildman–Crippen LogP) is 24.7. The summed E-state index contributed by atoms with van der Waals surface area (Å²) in [7, 11) is 0. The Balaban J connectivity index is 0.825. The van der Waals surface area contributed by atoms with E-state index in [9.17, 15) is 0 Å². The molecule has 0 radical (unpaired) electrons. The number of rotatable bonds is 13. The molecule has 0 bridgehead atoms. The van der Waals surface area contributed by atoms with Gasteiger partial charge >= 0.3 is 0 Å². The molecule has 0 saturated heterocycles. The van der Waals surface area contributed by atoms with Crippen LogP contribution < -0.4 is 9.80 Å². The van der Waals surface area contributed by atoms with Gasteiger partial charge in [-0.3, -0.25) is 0 Å². The summed E-state index contributed by atoms with van der Waals surface area (Å²) in [6.07, 6.45) is 0. The maximum absolute atomic E-state index is 6.24. The minimum absolute atomic E-state index is 0.888. The fourth-order valence-electron chi connectivity index (χ4n) is 13.3. The van der Waals surface area contributed by atoms with Gasteiger partial charge in [-0.05, 0) is 166 Å². The van der Waals surface area contributed by atoms with Gasteiger partial charge in [0, 0.05) is 66.5 Å². The van der Waals surface area contributed by atoms with E-state index in [4.69, 9.17) is 8.83 Å². The summed E-state index contributed by atoms with van der Waals surface area (Å²) in [5.74, 6) is 0. The van der Waals surface area contributed by atoms with Crippen LogP contribution in [0.2, 0.25) is 0 Å². The van der Waals surface area contributed by atoms with E-state index < -0.39 is 0 Å².